The summed E-state index contributed by atoms with van der Waals surface area (Å²) >= 11 is 0. The quantitative estimate of drug-likeness (QED) is 0.664. The Kier molecular flexibility index (Phi) is 6.71. The monoisotopic (exact) mass is 437 g/mol. The van der Waals surface area contributed by atoms with E-state index in [1.54, 1.807) is 18.0 Å². The molecule has 2 heterocycles. The fraction of sp³-hybridized carbons (Fsp3) is 0.619. The molecule has 2 atom stereocenters. The van der Waals surface area contributed by atoms with Gasteiger partial charge in [-0.15, -0.1) is 0 Å². The Balaban J connectivity index is 1.88. The van der Waals surface area contributed by atoms with Crippen LogP contribution in [-0.4, -0.2) is 54.8 Å². The number of aromatic nitrogens is 1. The maximum absolute atomic E-state index is 13.1. The summed E-state index contributed by atoms with van der Waals surface area (Å²) in [5, 5.41) is 0. The summed E-state index contributed by atoms with van der Waals surface area (Å²) in [6.07, 6.45) is 2.86. The predicted molar refractivity (Wildman–Crippen MR) is 115 cm³/mol. The second-order valence-corrected chi connectivity index (χ2v) is 10.5. The van der Waals surface area contributed by atoms with Crippen LogP contribution in [-0.2, 0) is 21.4 Å². The second-order valence-electron chi connectivity index (χ2n) is 8.52. The zero-order valence-electron chi connectivity index (χ0n) is 18.1. The minimum Gasteiger partial charge on any atom is -0.408 e. The Morgan fingerprint density at radius 2 is 1.90 bits per heavy atom. The summed E-state index contributed by atoms with van der Waals surface area (Å²) in [5.74, 6) is -0.276. The molecule has 9 heteroatoms. The van der Waals surface area contributed by atoms with Gasteiger partial charge in [0.15, 0.2) is 5.58 Å². The molecule has 1 aliphatic rings. The van der Waals surface area contributed by atoms with Crippen molar-refractivity contribution < 1.29 is 17.6 Å². The van der Waals surface area contributed by atoms with E-state index in [4.69, 9.17) is 4.42 Å². The van der Waals surface area contributed by atoms with E-state index < -0.39 is 15.8 Å². The van der Waals surface area contributed by atoms with Gasteiger partial charge in [-0.05, 0) is 36.8 Å². The van der Waals surface area contributed by atoms with E-state index in [1.165, 1.54) is 21.0 Å². The summed E-state index contributed by atoms with van der Waals surface area (Å²) in [6, 6.07) is 4.42. The molecule has 3 rings (SSSR count). The highest BCUT2D eigenvalue weighted by atomic mass is 32.2. The highest BCUT2D eigenvalue weighted by Crippen LogP contribution is 2.28. The lowest BCUT2D eigenvalue weighted by molar-refractivity contribution is -0.130. The van der Waals surface area contributed by atoms with Crippen LogP contribution in [0.25, 0.3) is 11.1 Å². The molecule has 0 N–H and O–H groups in total. The fourth-order valence-corrected chi connectivity index (χ4v) is 5.78. The molecule has 1 fully saturated rings. The molecule has 2 aromatic rings. The molecule has 1 saturated heterocycles. The standard InChI is InChI=1S/C21H31N3O5S/c1-5-6-9-22(4)20(25)14-24-18-8-7-17(11-19(18)29-21(24)26)30(27,28)23-12-15(2)10-16(3)13-23/h7-8,11,15-16H,5-6,9-10,12-14H2,1-4H3/t15-,16-/m1/s1. The van der Waals surface area contributed by atoms with Gasteiger partial charge in [-0.25, -0.2) is 13.2 Å². The first kappa shape index (κ1) is 22.6. The van der Waals surface area contributed by atoms with Gasteiger partial charge in [0, 0.05) is 32.7 Å². The van der Waals surface area contributed by atoms with Crippen LogP contribution in [0, 0.1) is 11.8 Å². The maximum atomic E-state index is 13.1. The van der Waals surface area contributed by atoms with Crippen LogP contribution >= 0.6 is 0 Å². The van der Waals surface area contributed by atoms with Gasteiger partial charge in [0.2, 0.25) is 15.9 Å². The molecule has 0 unspecified atom stereocenters. The molecular weight excluding hydrogens is 406 g/mol. The Hall–Kier alpha value is -2.13. The van der Waals surface area contributed by atoms with Gasteiger partial charge in [0.1, 0.15) is 6.54 Å². The number of hydrogen-bond donors (Lipinski definition) is 0. The molecule has 0 spiro atoms. The summed E-state index contributed by atoms with van der Waals surface area (Å²) in [5.41, 5.74) is 0.583. The predicted octanol–water partition coefficient (Wildman–Crippen LogP) is 2.52. The number of oxazole rings is 1. The summed E-state index contributed by atoms with van der Waals surface area (Å²) < 4.78 is 34.3. The number of amides is 1. The van der Waals surface area contributed by atoms with Crippen molar-refractivity contribution in [3.63, 3.8) is 0 Å². The number of hydrogen-bond acceptors (Lipinski definition) is 5. The van der Waals surface area contributed by atoms with E-state index >= 15 is 0 Å². The van der Waals surface area contributed by atoms with Gasteiger partial charge in [-0.2, -0.15) is 4.31 Å². The number of unbranched alkanes of at least 4 members (excludes halogenated alkanes) is 1. The molecule has 166 valence electrons. The van der Waals surface area contributed by atoms with Crippen molar-refractivity contribution in [2.24, 2.45) is 11.8 Å². The van der Waals surface area contributed by atoms with Crippen LogP contribution in [0.5, 0.6) is 0 Å². The van der Waals surface area contributed by atoms with Crippen LogP contribution in [0.1, 0.15) is 40.0 Å². The molecule has 0 radical (unpaired) electrons. The average Bonchev–Trinajstić information content (AvgIpc) is 2.99. The maximum Gasteiger partial charge on any atom is 0.420 e. The number of sulfonamides is 1. The van der Waals surface area contributed by atoms with E-state index in [1.807, 2.05) is 6.92 Å². The van der Waals surface area contributed by atoms with Crippen molar-refractivity contribution >= 4 is 27.0 Å². The summed E-state index contributed by atoms with van der Waals surface area (Å²) in [7, 11) is -1.98. The lowest BCUT2D eigenvalue weighted by Crippen LogP contribution is -2.42. The van der Waals surface area contributed by atoms with Crippen LogP contribution in [0.2, 0.25) is 0 Å². The number of rotatable bonds is 7. The SMILES string of the molecule is CCCCN(C)C(=O)Cn1c(=O)oc2cc(S(=O)(=O)N3C[C@H](C)C[C@@H](C)C3)ccc21. The normalized spacial score (nSPS) is 20.5. The van der Waals surface area contributed by atoms with E-state index in [9.17, 15) is 18.0 Å². The molecule has 0 saturated carbocycles. The van der Waals surface area contributed by atoms with Crippen LogP contribution in [0.3, 0.4) is 0 Å². The van der Waals surface area contributed by atoms with E-state index in [0.29, 0.717) is 37.0 Å². The van der Waals surface area contributed by atoms with E-state index in [0.717, 1.165) is 19.3 Å². The molecular formula is C21H31N3O5S. The first-order valence-electron chi connectivity index (χ1n) is 10.5. The van der Waals surface area contributed by atoms with Crippen LogP contribution < -0.4 is 5.76 Å². The molecule has 1 aromatic carbocycles. The van der Waals surface area contributed by atoms with Gasteiger partial charge >= 0.3 is 5.76 Å². The van der Waals surface area contributed by atoms with Crippen molar-refractivity contribution in [2.75, 3.05) is 26.7 Å². The smallest absolute Gasteiger partial charge is 0.408 e. The summed E-state index contributed by atoms with van der Waals surface area (Å²) in [6.45, 7) is 7.59. The topological polar surface area (TPSA) is 92.8 Å². The van der Waals surface area contributed by atoms with Crippen molar-refractivity contribution in [1.29, 1.82) is 0 Å². The third kappa shape index (κ3) is 4.62. The van der Waals surface area contributed by atoms with Crippen molar-refractivity contribution in [1.82, 2.24) is 13.8 Å². The third-order valence-electron chi connectivity index (χ3n) is 5.68. The van der Waals surface area contributed by atoms with Gasteiger partial charge in [-0.1, -0.05) is 27.2 Å². The number of nitrogens with zero attached hydrogens (tertiary/aromatic N) is 3. The van der Waals surface area contributed by atoms with E-state index in [-0.39, 0.29) is 22.9 Å². The number of carbonyl (C=O) groups excluding carboxylic acids is 1. The largest absolute Gasteiger partial charge is 0.420 e. The third-order valence-corrected chi connectivity index (χ3v) is 7.51. The zero-order valence-corrected chi connectivity index (χ0v) is 18.9. The fourth-order valence-electron chi connectivity index (χ4n) is 4.08. The minimum atomic E-state index is -3.68. The zero-order chi connectivity index (χ0) is 22.1. The number of piperidine rings is 1. The molecule has 1 amide bonds. The Morgan fingerprint density at radius 3 is 2.53 bits per heavy atom. The highest BCUT2D eigenvalue weighted by molar-refractivity contribution is 7.89. The number of benzene rings is 1. The lowest BCUT2D eigenvalue weighted by Gasteiger charge is -2.34. The van der Waals surface area contributed by atoms with Crippen molar-refractivity contribution in [2.45, 2.75) is 51.5 Å². The van der Waals surface area contributed by atoms with Crippen molar-refractivity contribution in [3.8, 4) is 0 Å². The molecule has 1 aliphatic heterocycles. The van der Waals surface area contributed by atoms with Crippen LogP contribution in [0.15, 0.2) is 32.3 Å². The van der Waals surface area contributed by atoms with Gasteiger partial charge in [0.25, 0.3) is 0 Å². The van der Waals surface area contributed by atoms with Gasteiger partial charge < -0.3 is 9.32 Å². The first-order chi connectivity index (χ1) is 14.1. The van der Waals surface area contributed by atoms with Crippen LogP contribution in [0.4, 0.5) is 0 Å². The minimum absolute atomic E-state index is 0.101. The molecule has 8 nitrogen and oxygen atoms in total. The highest BCUT2D eigenvalue weighted by Gasteiger charge is 2.32. The van der Waals surface area contributed by atoms with Gasteiger partial charge in [-0.3, -0.25) is 9.36 Å². The molecule has 0 aliphatic carbocycles. The summed E-state index contributed by atoms with van der Waals surface area (Å²) in [4.78, 5) is 26.4. The average molecular weight is 438 g/mol. The van der Waals surface area contributed by atoms with Gasteiger partial charge in [0.05, 0.1) is 10.4 Å². The Morgan fingerprint density at radius 1 is 1.23 bits per heavy atom. The number of likely N-dealkylation sites (N-methyl/N-ethyl adjacent to an activating group) is 1. The Labute approximate surface area is 177 Å². The number of fused-ring (bicyclic) bond motifs is 1. The Bertz CT molecular complexity index is 1060. The second kappa shape index (κ2) is 8.93. The van der Waals surface area contributed by atoms with E-state index in [2.05, 4.69) is 13.8 Å². The molecule has 30 heavy (non-hydrogen) atoms. The molecule has 0 bridgehead atoms. The first-order valence-corrected chi connectivity index (χ1v) is 11.9. The molecule has 1 aromatic heterocycles. The van der Waals surface area contributed by atoms with Crippen molar-refractivity contribution in [3.05, 3.63) is 28.7 Å². The lowest BCUT2D eigenvalue weighted by atomic mass is 9.94. The number of carbonyl (C=O) groups is 1.